The molecule has 0 unspecified atom stereocenters. The standard InChI is InChI=1S/C12H16O5S/c1-9-4-6-11(7-5-9)18(15,16)17-8-12(3,14)10(2)13/h4-7,14H,8H2,1-3H3/t12-/m1/s1. The van der Waals surface area contributed by atoms with Gasteiger partial charge in [-0.2, -0.15) is 8.42 Å². The van der Waals surface area contributed by atoms with E-state index < -0.39 is 28.1 Å². The molecule has 0 spiro atoms. The molecule has 0 amide bonds. The van der Waals surface area contributed by atoms with Crippen LogP contribution in [0.25, 0.3) is 0 Å². The third-order valence-electron chi connectivity index (χ3n) is 2.56. The number of aryl methyl sites for hydroxylation is 1. The Bertz CT molecular complexity index is 528. The molecule has 0 heterocycles. The first-order valence-electron chi connectivity index (χ1n) is 5.35. The summed E-state index contributed by atoms with van der Waals surface area (Å²) in [6, 6.07) is 6.10. The first kappa shape index (κ1) is 14.8. The molecule has 0 fully saturated rings. The lowest BCUT2D eigenvalue weighted by atomic mass is 10.0. The highest BCUT2D eigenvalue weighted by molar-refractivity contribution is 7.86. The van der Waals surface area contributed by atoms with Crippen molar-refractivity contribution in [3.63, 3.8) is 0 Å². The third kappa shape index (κ3) is 3.63. The molecular weight excluding hydrogens is 256 g/mol. The van der Waals surface area contributed by atoms with Gasteiger partial charge in [-0.05, 0) is 32.9 Å². The SMILES string of the molecule is CC(=O)[C@](C)(O)COS(=O)(=O)c1ccc(C)cc1. The van der Waals surface area contributed by atoms with Crippen LogP contribution < -0.4 is 0 Å². The monoisotopic (exact) mass is 272 g/mol. The van der Waals surface area contributed by atoms with E-state index in [0.717, 1.165) is 5.56 Å². The summed E-state index contributed by atoms with van der Waals surface area (Å²) in [4.78, 5) is 11.0. The van der Waals surface area contributed by atoms with Crippen molar-refractivity contribution < 1.29 is 22.5 Å². The van der Waals surface area contributed by atoms with Gasteiger partial charge in [0, 0.05) is 0 Å². The summed E-state index contributed by atoms with van der Waals surface area (Å²) in [5.41, 5.74) is -0.887. The number of ketones is 1. The minimum atomic E-state index is -3.96. The summed E-state index contributed by atoms with van der Waals surface area (Å²) >= 11 is 0. The third-order valence-corrected chi connectivity index (χ3v) is 3.84. The largest absolute Gasteiger partial charge is 0.380 e. The highest BCUT2D eigenvalue weighted by atomic mass is 32.2. The molecule has 18 heavy (non-hydrogen) atoms. The second-order valence-corrected chi connectivity index (χ2v) is 5.97. The fourth-order valence-electron chi connectivity index (χ4n) is 1.07. The Hall–Kier alpha value is -1.24. The fraction of sp³-hybridized carbons (Fsp3) is 0.417. The Morgan fingerprint density at radius 1 is 1.33 bits per heavy atom. The maximum Gasteiger partial charge on any atom is 0.297 e. The van der Waals surface area contributed by atoms with Gasteiger partial charge >= 0.3 is 0 Å². The van der Waals surface area contributed by atoms with Crippen LogP contribution in [0, 0.1) is 6.92 Å². The van der Waals surface area contributed by atoms with Gasteiger partial charge in [0.15, 0.2) is 5.78 Å². The van der Waals surface area contributed by atoms with Gasteiger partial charge in [0.2, 0.25) is 0 Å². The zero-order valence-electron chi connectivity index (χ0n) is 10.5. The Kier molecular flexibility index (Phi) is 4.26. The van der Waals surface area contributed by atoms with Crippen LogP contribution in [-0.2, 0) is 19.1 Å². The number of Topliss-reactive ketones (excluding diaryl/α,β-unsaturated/α-hetero) is 1. The van der Waals surface area contributed by atoms with Crippen LogP contribution in [0.3, 0.4) is 0 Å². The number of benzene rings is 1. The maximum absolute atomic E-state index is 11.8. The molecule has 5 nitrogen and oxygen atoms in total. The van der Waals surface area contributed by atoms with Crippen molar-refractivity contribution in [2.24, 2.45) is 0 Å². The van der Waals surface area contributed by atoms with Gasteiger partial charge in [-0.3, -0.25) is 8.98 Å². The molecule has 0 saturated heterocycles. The summed E-state index contributed by atoms with van der Waals surface area (Å²) in [6.45, 7) is 3.61. The van der Waals surface area contributed by atoms with Gasteiger partial charge in [-0.25, -0.2) is 0 Å². The molecule has 0 aliphatic rings. The van der Waals surface area contributed by atoms with Crippen LogP contribution in [-0.4, -0.2) is 31.5 Å². The van der Waals surface area contributed by atoms with Crippen molar-refractivity contribution in [2.75, 3.05) is 6.61 Å². The second kappa shape index (κ2) is 5.17. The normalized spacial score (nSPS) is 15.1. The highest BCUT2D eigenvalue weighted by Gasteiger charge is 2.29. The second-order valence-electron chi connectivity index (χ2n) is 4.36. The number of hydrogen-bond donors (Lipinski definition) is 1. The molecule has 1 rings (SSSR count). The molecule has 0 bridgehead atoms. The summed E-state index contributed by atoms with van der Waals surface area (Å²) < 4.78 is 28.2. The van der Waals surface area contributed by atoms with Crippen LogP contribution in [0.15, 0.2) is 29.2 Å². The lowest BCUT2D eigenvalue weighted by Crippen LogP contribution is -2.39. The zero-order chi connectivity index (χ0) is 14.0. The summed E-state index contributed by atoms with van der Waals surface area (Å²) in [7, 11) is -3.96. The van der Waals surface area contributed by atoms with E-state index in [1.165, 1.54) is 26.0 Å². The number of aliphatic hydroxyl groups is 1. The Balaban J connectivity index is 2.84. The minimum Gasteiger partial charge on any atom is -0.380 e. The Morgan fingerprint density at radius 3 is 2.28 bits per heavy atom. The van der Waals surface area contributed by atoms with Crippen molar-refractivity contribution in [3.8, 4) is 0 Å². The van der Waals surface area contributed by atoms with Crippen molar-refractivity contribution in [1.29, 1.82) is 0 Å². The van der Waals surface area contributed by atoms with Gasteiger partial charge in [-0.1, -0.05) is 17.7 Å². The van der Waals surface area contributed by atoms with Crippen molar-refractivity contribution in [3.05, 3.63) is 29.8 Å². The van der Waals surface area contributed by atoms with Gasteiger partial charge < -0.3 is 5.11 Å². The molecule has 1 aromatic carbocycles. The molecule has 6 heteroatoms. The van der Waals surface area contributed by atoms with Crippen LogP contribution >= 0.6 is 0 Å². The first-order chi connectivity index (χ1) is 8.15. The van der Waals surface area contributed by atoms with Crippen LogP contribution in [0.2, 0.25) is 0 Å². The molecule has 1 aromatic rings. The van der Waals surface area contributed by atoms with Crippen molar-refractivity contribution in [1.82, 2.24) is 0 Å². The van der Waals surface area contributed by atoms with Gasteiger partial charge in [0.25, 0.3) is 10.1 Å². The average molecular weight is 272 g/mol. The van der Waals surface area contributed by atoms with Crippen LogP contribution in [0.5, 0.6) is 0 Å². The molecule has 0 aromatic heterocycles. The van der Waals surface area contributed by atoms with E-state index in [1.807, 2.05) is 6.92 Å². The highest BCUT2D eigenvalue weighted by Crippen LogP contribution is 2.16. The lowest BCUT2D eigenvalue weighted by Gasteiger charge is -2.19. The lowest BCUT2D eigenvalue weighted by molar-refractivity contribution is -0.135. The summed E-state index contributed by atoms with van der Waals surface area (Å²) in [5.74, 6) is -0.554. The Labute approximate surface area is 107 Å². The molecular formula is C12H16O5S. The van der Waals surface area contributed by atoms with Crippen LogP contribution in [0.4, 0.5) is 0 Å². The minimum absolute atomic E-state index is 0.00699. The van der Waals surface area contributed by atoms with Gasteiger partial charge in [-0.15, -0.1) is 0 Å². The van der Waals surface area contributed by atoms with Crippen LogP contribution in [0.1, 0.15) is 19.4 Å². The van der Waals surface area contributed by atoms with Crippen molar-refractivity contribution in [2.45, 2.75) is 31.3 Å². The predicted molar refractivity (Wildman–Crippen MR) is 65.6 cm³/mol. The quantitative estimate of drug-likeness (QED) is 0.810. The maximum atomic E-state index is 11.8. The van der Waals surface area contributed by atoms with Gasteiger partial charge in [0.1, 0.15) is 12.2 Å². The predicted octanol–water partition coefficient (Wildman–Crippen LogP) is 1.04. The van der Waals surface area contributed by atoms with E-state index in [9.17, 15) is 18.3 Å². The molecule has 1 N–H and O–H groups in total. The van der Waals surface area contributed by atoms with E-state index in [1.54, 1.807) is 12.1 Å². The summed E-state index contributed by atoms with van der Waals surface area (Å²) in [5, 5.41) is 9.61. The molecule has 0 aliphatic heterocycles. The number of carbonyl (C=O) groups is 1. The number of carbonyl (C=O) groups excluding carboxylic acids is 1. The molecule has 0 saturated carbocycles. The molecule has 0 aliphatic carbocycles. The van der Waals surface area contributed by atoms with Crippen molar-refractivity contribution >= 4 is 15.9 Å². The van der Waals surface area contributed by atoms with E-state index in [-0.39, 0.29) is 4.90 Å². The van der Waals surface area contributed by atoms with E-state index in [0.29, 0.717) is 0 Å². The number of hydrogen-bond acceptors (Lipinski definition) is 5. The average Bonchev–Trinajstić information content (AvgIpc) is 2.27. The molecule has 100 valence electrons. The van der Waals surface area contributed by atoms with E-state index in [2.05, 4.69) is 4.18 Å². The fourth-order valence-corrected chi connectivity index (χ4v) is 2.06. The van der Waals surface area contributed by atoms with Gasteiger partial charge in [0.05, 0.1) is 4.90 Å². The number of rotatable bonds is 5. The van der Waals surface area contributed by atoms with E-state index >= 15 is 0 Å². The first-order valence-corrected chi connectivity index (χ1v) is 6.75. The molecule has 0 radical (unpaired) electrons. The zero-order valence-corrected chi connectivity index (χ0v) is 11.3. The summed E-state index contributed by atoms with van der Waals surface area (Å²) in [6.07, 6.45) is 0. The smallest absolute Gasteiger partial charge is 0.297 e. The Morgan fingerprint density at radius 2 is 1.83 bits per heavy atom. The topological polar surface area (TPSA) is 80.7 Å². The molecule has 1 atom stereocenters. The van der Waals surface area contributed by atoms with E-state index in [4.69, 9.17) is 0 Å².